The van der Waals surface area contributed by atoms with E-state index in [0.29, 0.717) is 12.8 Å². The van der Waals surface area contributed by atoms with Crippen LogP contribution in [0, 0.1) is 17.2 Å². The number of ether oxygens (including phenoxy) is 1. The molecule has 2 unspecified atom stereocenters. The molecule has 1 aliphatic rings. The summed E-state index contributed by atoms with van der Waals surface area (Å²) in [7, 11) is 0. The average Bonchev–Trinajstić information content (AvgIpc) is 2.34. The molecule has 1 aliphatic carbocycles. The molecule has 0 aromatic rings. The van der Waals surface area contributed by atoms with Crippen molar-refractivity contribution in [3.05, 3.63) is 0 Å². The van der Waals surface area contributed by atoms with E-state index < -0.39 is 12.7 Å². The minimum Gasteiger partial charge on any atom is -0.318 e. The van der Waals surface area contributed by atoms with Crippen LogP contribution in [0.5, 0.6) is 0 Å². The molecule has 0 amide bonds. The Morgan fingerprint density at radius 3 is 2.73 bits per heavy atom. The average molecular weight is 161 g/mol. The summed E-state index contributed by atoms with van der Waals surface area (Å²) in [5.74, 6) is -0.330. The Balaban J connectivity index is 2.39. The third-order valence-electron chi connectivity index (χ3n) is 1.90. The molecular formula is C7H9F2NO. The molecule has 4 heteroatoms. The third kappa shape index (κ3) is 2.12. The maximum absolute atomic E-state index is 11.7. The molecule has 0 radical (unpaired) electrons. The van der Waals surface area contributed by atoms with Crippen LogP contribution in [0.3, 0.4) is 0 Å². The van der Waals surface area contributed by atoms with Crippen molar-refractivity contribution in [2.45, 2.75) is 32.0 Å². The summed E-state index contributed by atoms with van der Waals surface area (Å²) in [5, 5.41) is 8.47. The van der Waals surface area contributed by atoms with Crippen LogP contribution in [0.25, 0.3) is 0 Å². The van der Waals surface area contributed by atoms with Crippen molar-refractivity contribution >= 4 is 0 Å². The summed E-state index contributed by atoms with van der Waals surface area (Å²) < 4.78 is 27.6. The van der Waals surface area contributed by atoms with Gasteiger partial charge in [-0.1, -0.05) is 0 Å². The molecule has 11 heavy (non-hydrogen) atoms. The first-order valence-corrected chi connectivity index (χ1v) is 3.57. The highest BCUT2D eigenvalue weighted by molar-refractivity contribution is 4.93. The van der Waals surface area contributed by atoms with Gasteiger partial charge in [0, 0.05) is 0 Å². The van der Waals surface area contributed by atoms with Gasteiger partial charge in [0.15, 0.2) is 0 Å². The van der Waals surface area contributed by atoms with E-state index in [1.165, 1.54) is 0 Å². The monoisotopic (exact) mass is 161 g/mol. The van der Waals surface area contributed by atoms with Gasteiger partial charge in [-0.2, -0.15) is 14.0 Å². The van der Waals surface area contributed by atoms with E-state index in [4.69, 9.17) is 5.26 Å². The lowest BCUT2D eigenvalue weighted by atomic mass is 10.1. The molecule has 0 spiro atoms. The zero-order chi connectivity index (χ0) is 8.27. The predicted molar refractivity (Wildman–Crippen MR) is 33.8 cm³/mol. The van der Waals surface area contributed by atoms with Gasteiger partial charge in [0.05, 0.1) is 18.1 Å². The number of hydrogen-bond acceptors (Lipinski definition) is 2. The number of hydrogen-bond donors (Lipinski definition) is 0. The second-order valence-corrected chi connectivity index (χ2v) is 2.60. The van der Waals surface area contributed by atoms with Gasteiger partial charge in [-0.3, -0.25) is 0 Å². The van der Waals surface area contributed by atoms with Crippen molar-refractivity contribution in [1.82, 2.24) is 0 Å². The quantitative estimate of drug-likeness (QED) is 0.619. The fraction of sp³-hybridized carbons (Fsp3) is 0.857. The van der Waals surface area contributed by atoms with Gasteiger partial charge >= 0.3 is 6.61 Å². The van der Waals surface area contributed by atoms with E-state index in [-0.39, 0.29) is 5.92 Å². The predicted octanol–water partition coefficient (Wildman–Crippen LogP) is 1.92. The number of nitrogens with zero attached hydrogens (tertiary/aromatic N) is 1. The van der Waals surface area contributed by atoms with E-state index in [2.05, 4.69) is 4.74 Å². The summed E-state index contributed by atoms with van der Waals surface area (Å²) in [6, 6.07) is 1.96. The number of nitriles is 1. The Labute approximate surface area is 63.8 Å². The highest BCUT2D eigenvalue weighted by Gasteiger charge is 2.29. The SMILES string of the molecule is N#CC1CCCC1OC(F)F. The van der Waals surface area contributed by atoms with Crippen LogP contribution in [0.15, 0.2) is 0 Å². The smallest absolute Gasteiger partial charge is 0.318 e. The fourth-order valence-electron chi connectivity index (χ4n) is 1.37. The van der Waals surface area contributed by atoms with Gasteiger partial charge in [0.1, 0.15) is 0 Å². The summed E-state index contributed by atoms with van der Waals surface area (Å²) in [6.45, 7) is -2.74. The maximum Gasteiger partial charge on any atom is 0.345 e. The van der Waals surface area contributed by atoms with Crippen LogP contribution in [0.1, 0.15) is 19.3 Å². The zero-order valence-electron chi connectivity index (χ0n) is 5.96. The van der Waals surface area contributed by atoms with Gasteiger partial charge in [-0.25, -0.2) is 0 Å². The lowest BCUT2D eigenvalue weighted by Crippen LogP contribution is -2.19. The molecule has 0 bridgehead atoms. The second kappa shape index (κ2) is 3.63. The Kier molecular flexibility index (Phi) is 2.77. The van der Waals surface area contributed by atoms with E-state index >= 15 is 0 Å². The Morgan fingerprint density at radius 1 is 1.45 bits per heavy atom. The number of rotatable bonds is 2. The van der Waals surface area contributed by atoms with Crippen molar-refractivity contribution in [3.8, 4) is 6.07 Å². The van der Waals surface area contributed by atoms with Gasteiger partial charge in [-0.05, 0) is 19.3 Å². The topological polar surface area (TPSA) is 33.0 Å². The number of alkyl halides is 2. The van der Waals surface area contributed by atoms with E-state index in [1.807, 2.05) is 6.07 Å². The summed E-state index contributed by atoms with van der Waals surface area (Å²) in [5.41, 5.74) is 0. The van der Waals surface area contributed by atoms with Crippen molar-refractivity contribution in [2.75, 3.05) is 0 Å². The number of halogens is 2. The van der Waals surface area contributed by atoms with Crippen molar-refractivity contribution in [2.24, 2.45) is 5.92 Å². The normalized spacial score (nSPS) is 30.7. The zero-order valence-corrected chi connectivity index (χ0v) is 5.96. The molecule has 0 aromatic carbocycles. The highest BCUT2D eigenvalue weighted by atomic mass is 19.3. The molecule has 0 heterocycles. The first-order valence-electron chi connectivity index (χ1n) is 3.57. The summed E-state index contributed by atoms with van der Waals surface area (Å²) in [6.07, 6.45) is 1.55. The molecule has 1 saturated carbocycles. The van der Waals surface area contributed by atoms with Crippen LogP contribution in [-0.2, 0) is 4.74 Å². The molecule has 62 valence electrons. The lowest BCUT2D eigenvalue weighted by Gasteiger charge is -2.12. The van der Waals surface area contributed by atoms with Crippen molar-refractivity contribution in [1.29, 1.82) is 5.26 Å². The maximum atomic E-state index is 11.7. The van der Waals surface area contributed by atoms with Crippen LogP contribution in [0.2, 0.25) is 0 Å². The van der Waals surface area contributed by atoms with Gasteiger partial charge in [0.25, 0.3) is 0 Å². The lowest BCUT2D eigenvalue weighted by molar-refractivity contribution is -0.166. The van der Waals surface area contributed by atoms with E-state index in [0.717, 1.165) is 6.42 Å². The molecular weight excluding hydrogens is 152 g/mol. The summed E-state index contributed by atoms with van der Waals surface area (Å²) in [4.78, 5) is 0. The van der Waals surface area contributed by atoms with Crippen LogP contribution >= 0.6 is 0 Å². The minimum absolute atomic E-state index is 0.330. The Bertz CT molecular complexity index is 166. The van der Waals surface area contributed by atoms with Gasteiger partial charge in [0.2, 0.25) is 0 Å². The molecule has 2 atom stereocenters. The molecule has 2 nitrogen and oxygen atoms in total. The third-order valence-corrected chi connectivity index (χ3v) is 1.90. The molecule has 0 saturated heterocycles. The largest absolute Gasteiger partial charge is 0.345 e. The first kappa shape index (κ1) is 8.41. The van der Waals surface area contributed by atoms with Crippen LogP contribution < -0.4 is 0 Å². The minimum atomic E-state index is -2.74. The molecule has 1 rings (SSSR count). The van der Waals surface area contributed by atoms with Crippen LogP contribution in [0.4, 0.5) is 8.78 Å². The molecule has 0 aromatic heterocycles. The van der Waals surface area contributed by atoms with Gasteiger partial charge < -0.3 is 4.74 Å². The molecule has 0 N–H and O–H groups in total. The first-order chi connectivity index (χ1) is 5.24. The van der Waals surface area contributed by atoms with Gasteiger partial charge in [-0.15, -0.1) is 0 Å². The van der Waals surface area contributed by atoms with E-state index in [1.54, 1.807) is 0 Å². The second-order valence-electron chi connectivity index (χ2n) is 2.60. The highest BCUT2D eigenvalue weighted by Crippen LogP contribution is 2.28. The van der Waals surface area contributed by atoms with Crippen molar-refractivity contribution in [3.63, 3.8) is 0 Å². The Morgan fingerprint density at radius 2 is 2.18 bits per heavy atom. The standard InChI is InChI=1S/C7H9F2NO/c8-7(9)11-6-3-1-2-5(6)4-10/h5-7H,1-3H2. The van der Waals surface area contributed by atoms with Crippen molar-refractivity contribution < 1.29 is 13.5 Å². The Hall–Kier alpha value is -0.690. The molecule has 0 aliphatic heterocycles. The molecule has 1 fully saturated rings. The van der Waals surface area contributed by atoms with E-state index in [9.17, 15) is 8.78 Å². The fourth-order valence-corrected chi connectivity index (χ4v) is 1.37. The van der Waals surface area contributed by atoms with Crippen LogP contribution in [-0.4, -0.2) is 12.7 Å². The summed E-state index contributed by atoms with van der Waals surface area (Å²) >= 11 is 0.